The van der Waals surface area contributed by atoms with E-state index in [-0.39, 0.29) is 11.1 Å². The van der Waals surface area contributed by atoms with E-state index in [4.69, 9.17) is 20.5 Å². The minimum absolute atomic E-state index is 0.210. The van der Waals surface area contributed by atoms with Crippen molar-refractivity contribution in [3.8, 4) is 5.75 Å². The molecule has 0 bridgehead atoms. The second-order valence-corrected chi connectivity index (χ2v) is 7.20. The quantitative estimate of drug-likeness (QED) is 0.137. The maximum atomic E-state index is 12.7. The third-order valence-corrected chi connectivity index (χ3v) is 5.02. The first kappa shape index (κ1) is 21.6. The lowest BCUT2D eigenvalue weighted by Crippen LogP contribution is -2.22. The molecule has 0 spiro atoms. The van der Waals surface area contributed by atoms with E-state index in [2.05, 4.69) is 0 Å². The monoisotopic (exact) mass is 426 g/mol. The summed E-state index contributed by atoms with van der Waals surface area (Å²) in [7, 11) is 0. The lowest BCUT2D eigenvalue weighted by Gasteiger charge is -2.10. The van der Waals surface area contributed by atoms with Crippen LogP contribution in [0.3, 0.4) is 0 Å². The average Bonchev–Trinajstić information content (AvgIpc) is 2.77. The van der Waals surface area contributed by atoms with Crippen molar-refractivity contribution in [3.63, 3.8) is 0 Å². The van der Waals surface area contributed by atoms with E-state index in [1.54, 1.807) is 34.4 Å². The molecule has 0 atom stereocenters. The topological polar surface area (TPSA) is 130 Å². The molecule has 30 heavy (non-hydrogen) atoms. The Balaban J connectivity index is 1.64. The van der Waals surface area contributed by atoms with Gasteiger partial charge in [0.05, 0.1) is 12.4 Å². The number of aryl methyl sites for hydroxylation is 1. The molecule has 1 amide bonds. The number of hydrogen-bond acceptors (Lipinski definition) is 7. The minimum Gasteiger partial charge on any atom is -0.494 e. The van der Waals surface area contributed by atoms with Crippen LogP contribution in [-0.4, -0.2) is 33.8 Å². The van der Waals surface area contributed by atoms with Gasteiger partial charge in [0.25, 0.3) is 11.5 Å². The predicted molar refractivity (Wildman–Crippen MR) is 117 cm³/mol. The van der Waals surface area contributed by atoms with Crippen LogP contribution in [0, 0.1) is 5.41 Å². The van der Waals surface area contributed by atoms with Crippen LogP contribution < -0.4 is 20.9 Å². The van der Waals surface area contributed by atoms with Crippen molar-refractivity contribution in [3.05, 3.63) is 76.2 Å². The first-order valence-corrected chi connectivity index (χ1v) is 10.3. The van der Waals surface area contributed by atoms with Gasteiger partial charge in [0.2, 0.25) is 0 Å². The maximum Gasteiger partial charge on any atom is 0.274 e. The summed E-state index contributed by atoms with van der Waals surface area (Å²) in [6, 6.07) is 13.8. The van der Waals surface area contributed by atoms with Gasteiger partial charge in [-0.25, -0.2) is 5.48 Å². The van der Waals surface area contributed by atoms with Crippen molar-refractivity contribution < 1.29 is 14.7 Å². The summed E-state index contributed by atoms with van der Waals surface area (Å²) in [4.78, 5) is 24.3. The predicted octanol–water partition coefficient (Wildman–Crippen LogP) is 2.56. The molecule has 9 heteroatoms. The van der Waals surface area contributed by atoms with Crippen LogP contribution in [0.5, 0.6) is 5.75 Å². The third kappa shape index (κ3) is 5.07. The highest BCUT2D eigenvalue weighted by atomic mass is 32.2. The Morgan fingerprint density at radius 1 is 1.20 bits per heavy atom. The molecule has 3 rings (SSSR count). The molecular weight excluding hydrogens is 404 g/mol. The number of nitrogens with two attached hydrogens (primary N) is 1. The van der Waals surface area contributed by atoms with Gasteiger partial charge in [-0.1, -0.05) is 30.1 Å². The van der Waals surface area contributed by atoms with E-state index < -0.39 is 5.91 Å². The van der Waals surface area contributed by atoms with Gasteiger partial charge in [-0.15, -0.1) is 0 Å². The standard InChI is InChI=1S/C21H22N4O4S/c22-19(13-30-23)15-3-1-4-17(11-15)29-10-2-8-25-9-7-14-5-6-16(20(26)24-28)12-18(14)21(25)27/h1,3-7,9,11-12,22,28H,2,8,10,13,23H2,(H,24,26). The van der Waals surface area contributed by atoms with Gasteiger partial charge in [0, 0.05) is 29.4 Å². The summed E-state index contributed by atoms with van der Waals surface area (Å²) in [6.07, 6.45) is 2.31. The number of amides is 1. The second-order valence-electron chi connectivity index (χ2n) is 6.58. The third-order valence-electron chi connectivity index (χ3n) is 4.56. The number of rotatable bonds is 9. The van der Waals surface area contributed by atoms with Crippen LogP contribution in [0.2, 0.25) is 0 Å². The molecule has 1 heterocycles. The second kappa shape index (κ2) is 10.1. The van der Waals surface area contributed by atoms with E-state index in [1.165, 1.54) is 6.07 Å². The number of nitrogens with zero attached hydrogens (tertiary/aromatic N) is 1. The fourth-order valence-corrected chi connectivity index (χ4v) is 3.36. The molecule has 0 radical (unpaired) electrons. The van der Waals surface area contributed by atoms with E-state index >= 15 is 0 Å². The lowest BCUT2D eigenvalue weighted by molar-refractivity contribution is 0.0706. The molecule has 0 aliphatic heterocycles. The van der Waals surface area contributed by atoms with E-state index in [0.29, 0.717) is 42.2 Å². The average molecular weight is 426 g/mol. The number of ether oxygens (including phenoxy) is 1. The Kier molecular flexibility index (Phi) is 7.23. The van der Waals surface area contributed by atoms with Crippen LogP contribution >= 0.6 is 11.9 Å². The molecule has 0 unspecified atom stereocenters. The van der Waals surface area contributed by atoms with Crippen molar-refractivity contribution in [2.45, 2.75) is 13.0 Å². The van der Waals surface area contributed by atoms with Gasteiger partial charge in [-0.3, -0.25) is 19.9 Å². The number of carbonyl (C=O) groups is 1. The summed E-state index contributed by atoms with van der Waals surface area (Å²) in [6.45, 7) is 0.852. The highest BCUT2D eigenvalue weighted by Crippen LogP contribution is 2.16. The van der Waals surface area contributed by atoms with Gasteiger partial charge in [-0.2, -0.15) is 0 Å². The van der Waals surface area contributed by atoms with Gasteiger partial charge in [0.1, 0.15) is 5.75 Å². The molecular formula is C21H22N4O4S. The van der Waals surface area contributed by atoms with Crippen LogP contribution in [0.25, 0.3) is 10.8 Å². The molecule has 5 N–H and O–H groups in total. The van der Waals surface area contributed by atoms with Gasteiger partial charge in [-0.05, 0) is 47.7 Å². The number of hydrogen-bond donors (Lipinski definition) is 4. The summed E-state index contributed by atoms with van der Waals surface area (Å²) in [5.74, 6) is 0.418. The van der Waals surface area contributed by atoms with E-state index in [1.807, 2.05) is 24.3 Å². The number of carbonyl (C=O) groups excluding carboxylic acids is 1. The summed E-state index contributed by atoms with van der Waals surface area (Å²) in [5.41, 5.74) is 2.77. The fraction of sp³-hybridized carbons (Fsp3) is 0.190. The molecule has 0 aliphatic carbocycles. The van der Waals surface area contributed by atoms with Crippen LogP contribution in [0.1, 0.15) is 22.3 Å². The summed E-state index contributed by atoms with van der Waals surface area (Å²) >= 11 is 1.10. The number of fused-ring (bicyclic) bond motifs is 1. The molecule has 2 aromatic carbocycles. The molecule has 156 valence electrons. The highest BCUT2D eigenvalue weighted by molar-refractivity contribution is 7.97. The zero-order chi connectivity index (χ0) is 21.5. The zero-order valence-corrected chi connectivity index (χ0v) is 16.9. The Bertz CT molecular complexity index is 1130. The highest BCUT2D eigenvalue weighted by Gasteiger charge is 2.09. The first-order chi connectivity index (χ1) is 14.5. The molecule has 0 saturated heterocycles. The number of pyridine rings is 1. The Morgan fingerprint density at radius 3 is 2.80 bits per heavy atom. The molecule has 0 fully saturated rings. The molecule has 0 saturated carbocycles. The SMILES string of the molecule is N=C(CSN)c1cccc(OCCCn2ccc3ccc(C(=O)NO)cc3c2=O)c1. The number of aromatic nitrogens is 1. The van der Waals surface area contributed by atoms with Gasteiger partial charge >= 0.3 is 0 Å². The molecule has 0 aliphatic rings. The van der Waals surface area contributed by atoms with Crippen molar-refractivity contribution >= 4 is 34.3 Å². The zero-order valence-electron chi connectivity index (χ0n) is 16.1. The smallest absolute Gasteiger partial charge is 0.274 e. The number of hydroxylamine groups is 1. The van der Waals surface area contributed by atoms with Gasteiger partial charge < -0.3 is 14.7 Å². The lowest BCUT2D eigenvalue weighted by atomic mass is 10.1. The van der Waals surface area contributed by atoms with Crippen molar-refractivity contribution in [2.75, 3.05) is 12.4 Å². The summed E-state index contributed by atoms with van der Waals surface area (Å²) in [5, 5.41) is 23.3. The normalized spacial score (nSPS) is 10.7. The fourth-order valence-electron chi connectivity index (χ4n) is 3.03. The Hall–Kier alpha value is -3.14. The number of benzene rings is 2. The van der Waals surface area contributed by atoms with Crippen molar-refractivity contribution in [1.82, 2.24) is 10.0 Å². The van der Waals surface area contributed by atoms with Crippen molar-refractivity contribution in [1.29, 1.82) is 5.41 Å². The largest absolute Gasteiger partial charge is 0.494 e. The molecule has 8 nitrogen and oxygen atoms in total. The van der Waals surface area contributed by atoms with E-state index in [9.17, 15) is 9.59 Å². The van der Waals surface area contributed by atoms with Crippen molar-refractivity contribution in [2.24, 2.45) is 5.14 Å². The molecule has 1 aromatic heterocycles. The maximum absolute atomic E-state index is 12.7. The first-order valence-electron chi connectivity index (χ1n) is 9.23. The Labute approximate surface area is 177 Å². The number of nitrogens with one attached hydrogen (secondary N) is 2. The van der Waals surface area contributed by atoms with Crippen LogP contribution in [0.15, 0.2) is 59.5 Å². The summed E-state index contributed by atoms with van der Waals surface area (Å²) < 4.78 is 7.32. The minimum atomic E-state index is -0.666. The van der Waals surface area contributed by atoms with Crippen LogP contribution in [-0.2, 0) is 6.54 Å². The van der Waals surface area contributed by atoms with Gasteiger partial charge in [0.15, 0.2) is 0 Å². The van der Waals surface area contributed by atoms with Crippen LogP contribution in [0.4, 0.5) is 0 Å². The molecule has 3 aromatic rings. The van der Waals surface area contributed by atoms with E-state index in [0.717, 1.165) is 22.9 Å². The Morgan fingerprint density at radius 2 is 2.03 bits per heavy atom.